The first-order valence-corrected chi connectivity index (χ1v) is 6.09. The van der Waals surface area contributed by atoms with Crippen molar-refractivity contribution in [3.8, 4) is 11.6 Å². The first-order valence-electron chi connectivity index (χ1n) is 4.80. The van der Waals surface area contributed by atoms with Gasteiger partial charge in [-0.05, 0) is 26.3 Å². The van der Waals surface area contributed by atoms with Crippen LogP contribution in [0.1, 0.15) is 5.01 Å². The fourth-order valence-electron chi connectivity index (χ4n) is 1.18. The lowest BCUT2D eigenvalue weighted by atomic mass is 10.4. The molecule has 0 unspecified atom stereocenters. The summed E-state index contributed by atoms with van der Waals surface area (Å²) < 4.78 is 5.19. The molecule has 86 valence electrons. The topological polar surface area (TPSA) is 58.0 Å². The summed E-state index contributed by atoms with van der Waals surface area (Å²) in [5.74, 6) is 0.456. The Hall–Kier alpha value is -1.05. The minimum absolute atomic E-state index is 0.276. The highest BCUT2D eigenvalue weighted by Crippen LogP contribution is 2.20. The van der Waals surface area contributed by atoms with E-state index in [0.717, 1.165) is 23.7 Å². The molecule has 7 heteroatoms. The molecule has 0 aliphatic carbocycles. The van der Waals surface area contributed by atoms with Gasteiger partial charge in [0.1, 0.15) is 5.69 Å². The maximum atomic E-state index is 5.19. The first kappa shape index (κ1) is 11.4. The molecular weight excluding hydrogens is 244 g/mol. The van der Waals surface area contributed by atoms with Gasteiger partial charge in [-0.3, -0.25) is 0 Å². The predicted octanol–water partition coefficient (Wildman–Crippen LogP) is 1.96. The molecule has 0 bridgehead atoms. The van der Waals surface area contributed by atoms with Gasteiger partial charge in [0.2, 0.25) is 0 Å². The van der Waals surface area contributed by atoms with Crippen molar-refractivity contribution in [3.63, 3.8) is 0 Å². The molecule has 2 heterocycles. The van der Waals surface area contributed by atoms with E-state index in [1.54, 1.807) is 11.3 Å². The van der Waals surface area contributed by atoms with Gasteiger partial charge in [-0.15, -0.1) is 16.4 Å². The summed E-state index contributed by atoms with van der Waals surface area (Å²) in [5.41, 5.74) is 0.742. The van der Waals surface area contributed by atoms with Gasteiger partial charge in [-0.2, -0.15) is 0 Å². The monoisotopic (exact) mass is 256 g/mol. The van der Waals surface area contributed by atoms with Crippen molar-refractivity contribution in [3.05, 3.63) is 15.2 Å². The molecule has 0 aliphatic rings. The lowest BCUT2D eigenvalue weighted by molar-refractivity contribution is 0.413. The Morgan fingerprint density at radius 2 is 2.38 bits per heavy atom. The SMILES string of the molecule is CN(C)CCc1nc(-c2n[nH]c(=S)o2)cs1. The third-order valence-corrected chi connectivity index (χ3v) is 3.07. The number of nitrogens with one attached hydrogen (secondary N) is 1. The van der Waals surface area contributed by atoms with E-state index >= 15 is 0 Å². The van der Waals surface area contributed by atoms with Gasteiger partial charge in [0.25, 0.3) is 10.7 Å². The minimum atomic E-state index is 0.276. The van der Waals surface area contributed by atoms with Crippen LogP contribution >= 0.6 is 23.6 Å². The fraction of sp³-hybridized carbons (Fsp3) is 0.444. The number of aromatic nitrogens is 3. The van der Waals surface area contributed by atoms with Crippen molar-refractivity contribution in [1.82, 2.24) is 20.1 Å². The van der Waals surface area contributed by atoms with E-state index in [9.17, 15) is 0 Å². The quantitative estimate of drug-likeness (QED) is 0.847. The second-order valence-electron chi connectivity index (χ2n) is 3.60. The Kier molecular flexibility index (Phi) is 3.47. The molecule has 2 rings (SSSR count). The molecule has 2 aromatic rings. The fourth-order valence-corrected chi connectivity index (χ4v) is 2.07. The number of likely N-dealkylation sites (N-methyl/N-ethyl adjacent to an activating group) is 1. The van der Waals surface area contributed by atoms with Crippen LogP contribution in [0.4, 0.5) is 0 Å². The lowest BCUT2D eigenvalue weighted by Crippen LogP contribution is -2.14. The lowest BCUT2D eigenvalue weighted by Gasteiger charge is -2.06. The standard InChI is InChI=1S/C9H12N4OS2/c1-13(2)4-3-7-10-6(5-16-7)8-11-12-9(15)14-8/h5H,3-4H2,1-2H3,(H,12,15). The van der Waals surface area contributed by atoms with E-state index in [1.165, 1.54) is 0 Å². The smallest absolute Gasteiger partial charge is 0.284 e. The van der Waals surface area contributed by atoms with Crippen LogP contribution in [0.15, 0.2) is 9.80 Å². The second-order valence-corrected chi connectivity index (χ2v) is 4.91. The van der Waals surface area contributed by atoms with Crippen molar-refractivity contribution < 1.29 is 4.42 Å². The molecule has 2 aromatic heterocycles. The van der Waals surface area contributed by atoms with E-state index in [4.69, 9.17) is 16.6 Å². The third-order valence-electron chi connectivity index (χ3n) is 1.98. The zero-order valence-corrected chi connectivity index (χ0v) is 10.7. The van der Waals surface area contributed by atoms with Crippen LogP contribution in [-0.2, 0) is 6.42 Å². The predicted molar refractivity (Wildman–Crippen MR) is 65.1 cm³/mol. The minimum Gasteiger partial charge on any atom is -0.408 e. The normalized spacial score (nSPS) is 11.2. The Morgan fingerprint density at radius 1 is 1.56 bits per heavy atom. The molecule has 0 spiro atoms. The van der Waals surface area contributed by atoms with E-state index in [1.807, 2.05) is 19.5 Å². The molecule has 1 N–H and O–H groups in total. The highest BCUT2D eigenvalue weighted by Gasteiger charge is 2.09. The van der Waals surface area contributed by atoms with Crippen LogP contribution in [0.3, 0.4) is 0 Å². The average Bonchev–Trinajstić information content (AvgIpc) is 2.83. The summed E-state index contributed by atoms with van der Waals surface area (Å²) in [4.78, 5) is 6.84. The van der Waals surface area contributed by atoms with E-state index in [2.05, 4.69) is 20.1 Å². The highest BCUT2D eigenvalue weighted by molar-refractivity contribution is 7.71. The summed E-state index contributed by atoms with van der Waals surface area (Å²) in [6, 6.07) is 0. The molecule has 0 radical (unpaired) electrons. The number of nitrogens with zero attached hydrogens (tertiary/aromatic N) is 3. The third kappa shape index (κ3) is 2.75. The van der Waals surface area contributed by atoms with Crippen LogP contribution in [0.25, 0.3) is 11.6 Å². The van der Waals surface area contributed by atoms with Crippen molar-refractivity contribution in [1.29, 1.82) is 0 Å². The van der Waals surface area contributed by atoms with Crippen LogP contribution in [0.5, 0.6) is 0 Å². The van der Waals surface area contributed by atoms with Gasteiger partial charge in [-0.1, -0.05) is 0 Å². The summed E-state index contributed by atoms with van der Waals surface area (Å²) in [6.45, 7) is 0.983. The summed E-state index contributed by atoms with van der Waals surface area (Å²) in [6.07, 6.45) is 0.933. The number of rotatable bonds is 4. The van der Waals surface area contributed by atoms with Gasteiger partial charge in [0.05, 0.1) is 5.01 Å². The Balaban J connectivity index is 2.10. The van der Waals surface area contributed by atoms with Crippen LogP contribution in [0.2, 0.25) is 0 Å². The van der Waals surface area contributed by atoms with Crippen molar-refractivity contribution in [2.24, 2.45) is 0 Å². The maximum absolute atomic E-state index is 5.19. The van der Waals surface area contributed by atoms with Gasteiger partial charge >= 0.3 is 0 Å². The van der Waals surface area contributed by atoms with Crippen molar-refractivity contribution in [2.75, 3.05) is 20.6 Å². The Morgan fingerprint density at radius 3 is 3.00 bits per heavy atom. The van der Waals surface area contributed by atoms with E-state index in [-0.39, 0.29) is 4.84 Å². The Bertz CT molecular complexity index is 513. The van der Waals surface area contributed by atoms with E-state index in [0.29, 0.717) is 5.89 Å². The van der Waals surface area contributed by atoms with Crippen LogP contribution < -0.4 is 0 Å². The molecule has 0 atom stereocenters. The molecule has 16 heavy (non-hydrogen) atoms. The number of aromatic amines is 1. The van der Waals surface area contributed by atoms with Gasteiger partial charge in [-0.25, -0.2) is 10.1 Å². The van der Waals surface area contributed by atoms with Gasteiger partial charge in [0, 0.05) is 18.3 Å². The van der Waals surface area contributed by atoms with Crippen molar-refractivity contribution in [2.45, 2.75) is 6.42 Å². The number of hydrogen-bond donors (Lipinski definition) is 1. The molecule has 0 fully saturated rings. The molecule has 0 aromatic carbocycles. The van der Waals surface area contributed by atoms with E-state index < -0.39 is 0 Å². The number of hydrogen-bond acceptors (Lipinski definition) is 6. The number of H-pyrrole nitrogens is 1. The first-order chi connectivity index (χ1) is 7.65. The zero-order valence-electron chi connectivity index (χ0n) is 9.06. The van der Waals surface area contributed by atoms with Crippen LogP contribution in [-0.4, -0.2) is 40.7 Å². The summed E-state index contributed by atoms with van der Waals surface area (Å²) >= 11 is 6.42. The molecule has 0 saturated carbocycles. The molecular formula is C9H12N4OS2. The summed E-state index contributed by atoms with van der Waals surface area (Å²) in [5, 5.41) is 9.52. The molecule has 0 saturated heterocycles. The molecule has 5 nitrogen and oxygen atoms in total. The van der Waals surface area contributed by atoms with Crippen molar-refractivity contribution >= 4 is 23.6 Å². The Labute approximate surface area is 102 Å². The largest absolute Gasteiger partial charge is 0.408 e. The van der Waals surface area contributed by atoms with Crippen LogP contribution in [0, 0.1) is 4.84 Å². The average molecular weight is 256 g/mol. The number of thiazole rings is 1. The molecule has 0 aliphatic heterocycles. The highest BCUT2D eigenvalue weighted by atomic mass is 32.1. The zero-order chi connectivity index (χ0) is 11.5. The second kappa shape index (κ2) is 4.86. The maximum Gasteiger partial charge on any atom is 0.284 e. The van der Waals surface area contributed by atoms with Gasteiger partial charge in [0.15, 0.2) is 0 Å². The van der Waals surface area contributed by atoms with Gasteiger partial charge < -0.3 is 9.32 Å². The molecule has 0 amide bonds. The summed E-state index contributed by atoms with van der Waals surface area (Å²) in [7, 11) is 4.09.